The molecule has 116 valence electrons. The van der Waals surface area contributed by atoms with Crippen molar-refractivity contribution in [3.63, 3.8) is 0 Å². The molecule has 0 amide bonds. The van der Waals surface area contributed by atoms with E-state index in [1.54, 1.807) is 6.08 Å². The van der Waals surface area contributed by atoms with Crippen molar-refractivity contribution >= 4 is 22.6 Å². The van der Waals surface area contributed by atoms with Gasteiger partial charge in [-0.05, 0) is 78.8 Å². The second-order valence-electron chi connectivity index (χ2n) is 6.31. The lowest BCUT2D eigenvalue weighted by Gasteiger charge is -2.32. The summed E-state index contributed by atoms with van der Waals surface area (Å²) in [4.78, 5) is 0. The molecule has 0 atom stereocenters. The normalized spacial score (nSPS) is 20.9. The minimum absolute atomic E-state index is 0.0966. The minimum atomic E-state index is 0.0966. The summed E-state index contributed by atoms with van der Waals surface area (Å²) in [5.74, 6) is 0. The van der Waals surface area contributed by atoms with Crippen LogP contribution in [0.3, 0.4) is 0 Å². The molecule has 0 saturated heterocycles. The van der Waals surface area contributed by atoms with Crippen LogP contribution in [0.2, 0.25) is 0 Å². The summed E-state index contributed by atoms with van der Waals surface area (Å²) in [6.45, 7) is 9.03. The van der Waals surface area contributed by atoms with Crippen LogP contribution in [0.4, 0.5) is 0 Å². The Labute approximate surface area is 143 Å². The highest BCUT2D eigenvalue weighted by Crippen LogP contribution is 2.40. The number of halogens is 1. The van der Waals surface area contributed by atoms with Crippen molar-refractivity contribution in [3.8, 4) is 0 Å². The molecule has 1 rings (SSSR count). The number of hydrogen-bond acceptors (Lipinski definition) is 1. The van der Waals surface area contributed by atoms with Crippen LogP contribution >= 0.6 is 22.6 Å². The van der Waals surface area contributed by atoms with Crippen LogP contribution in [0.5, 0.6) is 0 Å². The third kappa shape index (κ3) is 6.35. The number of aliphatic hydroxyl groups is 1. The standard InChI is InChI=1S/C19H27IO/c1-15(12-14-21)7-5-9-17(20)10-11-18-16(2)8-6-13-19(18,3)4/h5,7,9-12,21H,6,8,13-14H2,1-4H3/b7-5+,11-10+,15-12+,17-9-. The SMILES string of the molecule is CC1=C(/C=C/C(I)=C/C=C/C(C)=C/CO)C(C)(C)CCC1. The molecule has 0 spiro atoms. The van der Waals surface area contributed by atoms with Gasteiger partial charge in [-0.25, -0.2) is 0 Å². The lowest BCUT2D eigenvalue weighted by atomic mass is 9.73. The van der Waals surface area contributed by atoms with Gasteiger partial charge in [0.25, 0.3) is 0 Å². The van der Waals surface area contributed by atoms with Crippen LogP contribution in [0.1, 0.15) is 47.0 Å². The minimum Gasteiger partial charge on any atom is -0.392 e. The van der Waals surface area contributed by atoms with Crippen molar-refractivity contribution in [2.24, 2.45) is 5.41 Å². The van der Waals surface area contributed by atoms with E-state index in [0.717, 1.165) is 5.57 Å². The van der Waals surface area contributed by atoms with E-state index in [-0.39, 0.29) is 6.61 Å². The fraction of sp³-hybridized carbons (Fsp3) is 0.474. The van der Waals surface area contributed by atoms with E-state index in [1.165, 1.54) is 34.0 Å². The molecular formula is C19H27IO. The van der Waals surface area contributed by atoms with Crippen molar-refractivity contribution in [1.82, 2.24) is 0 Å². The molecule has 0 heterocycles. The molecule has 21 heavy (non-hydrogen) atoms. The molecule has 0 saturated carbocycles. The van der Waals surface area contributed by atoms with Gasteiger partial charge in [0.1, 0.15) is 0 Å². The van der Waals surface area contributed by atoms with Gasteiger partial charge < -0.3 is 5.11 Å². The number of aliphatic hydroxyl groups excluding tert-OH is 1. The van der Waals surface area contributed by atoms with Crippen LogP contribution < -0.4 is 0 Å². The summed E-state index contributed by atoms with van der Waals surface area (Å²) in [6, 6.07) is 0. The van der Waals surface area contributed by atoms with Crippen LogP contribution in [0, 0.1) is 5.41 Å². The van der Waals surface area contributed by atoms with Crippen molar-refractivity contribution in [2.75, 3.05) is 6.61 Å². The Morgan fingerprint density at radius 1 is 1.33 bits per heavy atom. The van der Waals surface area contributed by atoms with Crippen LogP contribution in [-0.2, 0) is 0 Å². The van der Waals surface area contributed by atoms with Gasteiger partial charge in [-0.1, -0.05) is 49.3 Å². The average molecular weight is 398 g/mol. The van der Waals surface area contributed by atoms with Gasteiger partial charge in [0, 0.05) is 3.58 Å². The van der Waals surface area contributed by atoms with E-state index >= 15 is 0 Å². The maximum Gasteiger partial charge on any atom is 0.0617 e. The topological polar surface area (TPSA) is 20.2 Å². The maximum absolute atomic E-state index is 8.80. The highest BCUT2D eigenvalue weighted by Gasteiger charge is 2.26. The fourth-order valence-corrected chi connectivity index (χ4v) is 3.12. The Morgan fingerprint density at radius 3 is 2.67 bits per heavy atom. The Bertz CT molecular complexity index is 502. The molecule has 1 aliphatic rings. The lowest BCUT2D eigenvalue weighted by molar-refractivity contribution is 0.342. The van der Waals surface area contributed by atoms with Crippen molar-refractivity contribution in [3.05, 3.63) is 56.8 Å². The van der Waals surface area contributed by atoms with E-state index in [9.17, 15) is 0 Å². The van der Waals surface area contributed by atoms with E-state index in [1.807, 2.05) is 19.1 Å². The molecule has 0 fully saturated rings. The van der Waals surface area contributed by atoms with Crippen molar-refractivity contribution < 1.29 is 5.11 Å². The van der Waals surface area contributed by atoms with Gasteiger partial charge >= 0.3 is 0 Å². The monoisotopic (exact) mass is 398 g/mol. The molecule has 2 heteroatoms. The zero-order chi connectivity index (χ0) is 15.9. The molecule has 0 radical (unpaired) electrons. The molecule has 1 nitrogen and oxygen atoms in total. The first-order valence-corrected chi connectivity index (χ1v) is 8.64. The van der Waals surface area contributed by atoms with Crippen LogP contribution in [0.25, 0.3) is 0 Å². The molecule has 1 aliphatic carbocycles. The van der Waals surface area contributed by atoms with E-state index in [2.05, 4.69) is 61.6 Å². The second kappa shape index (κ2) is 8.74. The summed E-state index contributed by atoms with van der Waals surface area (Å²) in [7, 11) is 0. The highest BCUT2D eigenvalue weighted by molar-refractivity contribution is 14.1. The smallest absolute Gasteiger partial charge is 0.0617 e. The molecule has 0 aliphatic heterocycles. The first-order chi connectivity index (χ1) is 9.86. The molecule has 0 aromatic heterocycles. The summed E-state index contributed by atoms with van der Waals surface area (Å²) in [5, 5.41) is 8.80. The van der Waals surface area contributed by atoms with E-state index in [0.29, 0.717) is 5.41 Å². The average Bonchev–Trinajstić information content (AvgIpc) is 2.37. The predicted octanol–water partition coefficient (Wildman–Crippen LogP) is 5.88. The first kappa shape index (κ1) is 18.4. The van der Waals surface area contributed by atoms with Gasteiger partial charge in [-0.3, -0.25) is 0 Å². The summed E-state index contributed by atoms with van der Waals surface area (Å²) >= 11 is 2.36. The number of allylic oxidation sites excluding steroid dienone is 9. The molecule has 0 aromatic rings. The largest absolute Gasteiger partial charge is 0.392 e. The van der Waals surface area contributed by atoms with E-state index in [4.69, 9.17) is 5.11 Å². The summed E-state index contributed by atoms with van der Waals surface area (Å²) in [5.41, 5.74) is 4.40. The Morgan fingerprint density at radius 2 is 2.05 bits per heavy atom. The molecule has 0 bridgehead atoms. The fourth-order valence-electron chi connectivity index (χ4n) is 2.73. The highest BCUT2D eigenvalue weighted by atomic mass is 127. The van der Waals surface area contributed by atoms with Gasteiger partial charge in [0.2, 0.25) is 0 Å². The lowest BCUT2D eigenvalue weighted by Crippen LogP contribution is -2.18. The van der Waals surface area contributed by atoms with Crippen molar-refractivity contribution in [1.29, 1.82) is 0 Å². The third-order valence-corrected chi connectivity index (χ3v) is 4.70. The molecular weight excluding hydrogens is 371 g/mol. The number of rotatable bonds is 5. The Hall–Kier alpha value is -0.610. The summed E-state index contributed by atoms with van der Waals surface area (Å²) in [6.07, 6.45) is 16.2. The second-order valence-corrected chi connectivity index (χ2v) is 7.55. The molecule has 0 unspecified atom stereocenters. The van der Waals surface area contributed by atoms with Gasteiger partial charge in [0.05, 0.1) is 6.61 Å². The van der Waals surface area contributed by atoms with Crippen LogP contribution in [0.15, 0.2) is 56.8 Å². The Kier molecular flexibility index (Phi) is 7.67. The molecule has 0 aromatic carbocycles. The Balaban J connectivity index is 2.78. The summed E-state index contributed by atoms with van der Waals surface area (Å²) < 4.78 is 1.21. The van der Waals surface area contributed by atoms with E-state index < -0.39 is 0 Å². The zero-order valence-corrected chi connectivity index (χ0v) is 15.8. The van der Waals surface area contributed by atoms with Crippen LogP contribution in [-0.4, -0.2) is 11.7 Å². The third-order valence-electron chi connectivity index (χ3n) is 3.98. The molecule has 1 N–H and O–H groups in total. The first-order valence-electron chi connectivity index (χ1n) is 7.56. The van der Waals surface area contributed by atoms with Crippen molar-refractivity contribution in [2.45, 2.75) is 47.0 Å². The zero-order valence-electron chi connectivity index (χ0n) is 13.6. The quantitative estimate of drug-likeness (QED) is 0.453. The predicted molar refractivity (Wildman–Crippen MR) is 102 cm³/mol. The van der Waals surface area contributed by atoms with Gasteiger partial charge in [-0.2, -0.15) is 0 Å². The van der Waals surface area contributed by atoms with Gasteiger partial charge in [-0.15, -0.1) is 0 Å². The maximum atomic E-state index is 8.80. The van der Waals surface area contributed by atoms with Gasteiger partial charge in [0.15, 0.2) is 0 Å². The number of hydrogen-bond donors (Lipinski definition) is 1.